The first-order valence-electron chi connectivity index (χ1n) is 12.0. The maximum Gasteiger partial charge on any atom is 0.0541 e. The van der Waals surface area contributed by atoms with Crippen LogP contribution in [0, 0.1) is 0 Å². The molecule has 35 heavy (non-hydrogen) atoms. The zero-order valence-corrected chi connectivity index (χ0v) is 19.5. The Hall–Kier alpha value is -4.56. The van der Waals surface area contributed by atoms with Gasteiger partial charge < -0.3 is 10.3 Å². The van der Waals surface area contributed by atoms with Gasteiger partial charge in [0, 0.05) is 32.9 Å². The summed E-state index contributed by atoms with van der Waals surface area (Å²) in [5.74, 6) is 0. The lowest BCUT2D eigenvalue weighted by molar-refractivity contribution is 1.17. The molecular formula is C33H24N2. The van der Waals surface area contributed by atoms with Gasteiger partial charge in [0.05, 0.1) is 11.0 Å². The van der Waals surface area contributed by atoms with Gasteiger partial charge in [-0.2, -0.15) is 0 Å². The third kappa shape index (κ3) is 2.83. The summed E-state index contributed by atoms with van der Waals surface area (Å²) < 4.78 is 2.39. The molecule has 0 saturated carbocycles. The van der Waals surface area contributed by atoms with Crippen LogP contribution in [0.3, 0.4) is 0 Å². The summed E-state index contributed by atoms with van der Waals surface area (Å²) in [5, 5.41) is 4.83. The van der Waals surface area contributed by atoms with E-state index in [0.29, 0.717) is 0 Å². The molecule has 2 N–H and O–H groups in total. The molecule has 2 heteroatoms. The number of nitrogens with zero attached hydrogens (tertiary/aromatic N) is 1. The fourth-order valence-electron chi connectivity index (χ4n) is 5.67. The van der Waals surface area contributed by atoms with Crippen molar-refractivity contribution in [3.8, 4) is 27.9 Å². The van der Waals surface area contributed by atoms with Gasteiger partial charge in [-0.25, -0.2) is 0 Å². The molecule has 166 valence electrons. The first-order chi connectivity index (χ1) is 17.2. The fourth-order valence-corrected chi connectivity index (χ4v) is 5.67. The zero-order chi connectivity index (χ0) is 23.5. The van der Waals surface area contributed by atoms with Crippen LogP contribution in [-0.4, -0.2) is 4.57 Å². The Balaban J connectivity index is 1.56. The maximum atomic E-state index is 6.65. The van der Waals surface area contributed by atoms with E-state index in [1.807, 2.05) is 0 Å². The molecule has 1 aliphatic rings. The van der Waals surface area contributed by atoms with Crippen molar-refractivity contribution in [3.63, 3.8) is 0 Å². The summed E-state index contributed by atoms with van der Waals surface area (Å²) in [5.41, 5.74) is 17.1. The minimum Gasteiger partial charge on any atom is -0.398 e. The van der Waals surface area contributed by atoms with Gasteiger partial charge in [-0.05, 0) is 64.7 Å². The Labute approximate surface area is 203 Å². The molecule has 0 aliphatic heterocycles. The fraction of sp³-hybridized carbons (Fsp3) is 0.0303. The van der Waals surface area contributed by atoms with E-state index in [1.165, 1.54) is 44.1 Å². The van der Waals surface area contributed by atoms with Gasteiger partial charge in [-0.15, -0.1) is 0 Å². The van der Waals surface area contributed by atoms with E-state index < -0.39 is 0 Å². The van der Waals surface area contributed by atoms with Crippen molar-refractivity contribution < 1.29 is 0 Å². The van der Waals surface area contributed by atoms with Gasteiger partial charge >= 0.3 is 0 Å². The highest BCUT2D eigenvalue weighted by Crippen LogP contribution is 2.36. The average Bonchev–Trinajstić information content (AvgIpc) is 3.41. The monoisotopic (exact) mass is 448 g/mol. The van der Waals surface area contributed by atoms with Crippen molar-refractivity contribution in [3.05, 3.63) is 125 Å². The Kier molecular flexibility index (Phi) is 4.24. The summed E-state index contributed by atoms with van der Waals surface area (Å²) in [6.07, 6.45) is 2.17. The summed E-state index contributed by atoms with van der Waals surface area (Å²) >= 11 is 0. The smallest absolute Gasteiger partial charge is 0.0541 e. The van der Waals surface area contributed by atoms with Crippen LogP contribution in [0.2, 0.25) is 0 Å². The van der Waals surface area contributed by atoms with Gasteiger partial charge in [0.2, 0.25) is 0 Å². The lowest BCUT2D eigenvalue weighted by atomic mass is 10.0. The maximum absolute atomic E-state index is 6.65. The summed E-state index contributed by atoms with van der Waals surface area (Å²) in [7, 11) is 0. The Morgan fingerprint density at radius 3 is 2.14 bits per heavy atom. The van der Waals surface area contributed by atoms with Crippen LogP contribution >= 0.6 is 0 Å². The van der Waals surface area contributed by atoms with Crippen LogP contribution in [0.4, 0.5) is 0 Å². The van der Waals surface area contributed by atoms with E-state index in [0.717, 1.165) is 27.4 Å². The zero-order valence-electron chi connectivity index (χ0n) is 19.5. The second-order valence-electron chi connectivity index (χ2n) is 9.16. The van der Waals surface area contributed by atoms with E-state index in [9.17, 15) is 0 Å². The summed E-state index contributed by atoms with van der Waals surface area (Å²) in [6, 6.07) is 39.1. The quantitative estimate of drug-likeness (QED) is 0.329. The van der Waals surface area contributed by atoms with Crippen molar-refractivity contribution in [2.24, 2.45) is 5.73 Å². The highest BCUT2D eigenvalue weighted by molar-refractivity contribution is 6.10. The Morgan fingerprint density at radius 1 is 0.600 bits per heavy atom. The molecule has 0 spiro atoms. The second-order valence-corrected chi connectivity index (χ2v) is 9.16. The molecule has 1 aromatic heterocycles. The molecule has 0 unspecified atom stereocenters. The van der Waals surface area contributed by atoms with E-state index in [2.05, 4.69) is 127 Å². The van der Waals surface area contributed by atoms with Crippen molar-refractivity contribution >= 4 is 33.6 Å². The van der Waals surface area contributed by atoms with E-state index in [4.69, 9.17) is 5.73 Å². The largest absolute Gasteiger partial charge is 0.398 e. The molecule has 1 heterocycles. The first kappa shape index (κ1) is 19.9. The molecule has 0 fully saturated rings. The van der Waals surface area contributed by atoms with Crippen LogP contribution in [0.25, 0.3) is 61.5 Å². The number of hydrogen-bond acceptors (Lipinski definition) is 1. The molecule has 5 aromatic carbocycles. The van der Waals surface area contributed by atoms with E-state index in [1.54, 1.807) is 0 Å². The standard InChI is InChI=1S/C33H24N2/c1-2-21-18-24(20-29-25-12-6-7-14-27(25)33(34)32(21)29)35-30-15-9-8-13-26(30)28-19-23(16-17-31(28)35)22-10-4-3-5-11-22/h2-20H,34H2,1H3/b21-2-. The van der Waals surface area contributed by atoms with Gasteiger partial charge in [0.25, 0.3) is 0 Å². The molecule has 6 aromatic rings. The molecular weight excluding hydrogens is 424 g/mol. The molecule has 0 atom stereocenters. The summed E-state index contributed by atoms with van der Waals surface area (Å²) in [4.78, 5) is 0. The second kappa shape index (κ2) is 7.48. The lowest BCUT2D eigenvalue weighted by Crippen LogP contribution is -2.29. The minimum absolute atomic E-state index is 0.866. The first-order valence-corrected chi connectivity index (χ1v) is 12.0. The number of hydrogen-bond donors (Lipinski definition) is 1. The minimum atomic E-state index is 0.866. The molecule has 2 nitrogen and oxygen atoms in total. The number of fused-ring (bicyclic) bond motifs is 6. The number of benzene rings is 5. The van der Waals surface area contributed by atoms with Crippen LogP contribution in [0.5, 0.6) is 0 Å². The highest BCUT2D eigenvalue weighted by Gasteiger charge is 2.20. The molecule has 1 aliphatic carbocycles. The van der Waals surface area contributed by atoms with Gasteiger partial charge in [-0.1, -0.05) is 84.9 Å². The predicted molar refractivity (Wildman–Crippen MR) is 148 cm³/mol. The van der Waals surface area contributed by atoms with Crippen molar-refractivity contribution in [1.29, 1.82) is 0 Å². The van der Waals surface area contributed by atoms with Crippen LogP contribution in [0.1, 0.15) is 12.5 Å². The molecule has 0 saturated heterocycles. The Morgan fingerprint density at radius 2 is 1.31 bits per heavy atom. The molecule has 0 bridgehead atoms. The number of aromatic nitrogens is 1. The predicted octanol–water partition coefficient (Wildman–Crippen LogP) is 6.35. The van der Waals surface area contributed by atoms with Crippen molar-refractivity contribution in [1.82, 2.24) is 4.57 Å². The van der Waals surface area contributed by atoms with Crippen LogP contribution < -0.4 is 16.2 Å². The van der Waals surface area contributed by atoms with Crippen LogP contribution in [-0.2, 0) is 0 Å². The molecule has 0 amide bonds. The average molecular weight is 449 g/mol. The summed E-state index contributed by atoms with van der Waals surface area (Å²) in [6.45, 7) is 2.09. The highest BCUT2D eigenvalue weighted by atomic mass is 15.0. The van der Waals surface area contributed by atoms with Gasteiger partial charge in [0.15, 0.2) is 0 Å². The van der Waals surface area contributed by atoms with Crippen LogP contribution in [0.15, 0.2) is 109 Å². The van der Waals surface area contributed by atoms with Gasteiger partial charge in [0.1, 0.15) is 0 Å². The molecule has 7 rings (SSSR count). The Bertz CT molecular complexity index is 1910. The van der Waals surface area contributed by atoms with Crippen molar-refractivity contribution in [2.45, 2.75) is 6.92 Å². The third-order valence-electron chi connectivity index (χ3n) is 7.28. The third-order valence-corrected chi connectivity index (χ3v) is 7.28. The van der Waals surface area contributed by atoms with Crippen molar-refractivity contribution in [2.75, 3.05) is 0 Å². The molecule has 0 radical (unpaired) electrons. The number of nitrogens with two attached hydrogens (primary N) is 1. The SMILES string of the molecule is C/C=c1/cc(-n2c3ccccc3c3cc(-c4ccccc4)ccc32)cc2c1=C(N)c1ccccc1-2. The topological polar surface area (TPSA) is 30.9 Å². The van der Waals surface area contributed by atoms with Gasteiger partial charge in [-0.3, -0.25) is 0 Å². The lowest BCUT2D eigenvalue weighted by Gasteiger charge is -2.11. The number of para-hydroxylation sites is 1. The number of rotatable bonds is 2. The van der Waals surface area contributed by atoms with E-state index >= 15 is 0 Å². The van der Waals surface area contributed by atoms with E-state index in [-0.39, 0.29) is 0 Å². The normalized spacial score (nSPS) is 12.9.